The van der Waals surface area contributed by atoms with Crippen LogP contribution in [0, 0.1) is 5.92 Å². The van der Waals surface area contributed by atoms with Crippen LogP contribution < -0.4 is 10.0 Å². The molecule has 1 aromatic carbocycles. The van der Waals surface area contributed by atoms with Crippen LogP contribution in [0.25, 0.3) is 0 Å². The third-order valence-corrected chi connectivity index (χ3v) is 5.65. The van der Waals surface area contributed by atoms with Crippen molar-refractivity contribution in [3.05, 3.63) is 24.3 Å². The van der Waals surface area contributed by atoms with E-state index in [2.05, 4.69) is 22.0 Å². The first-order chi connectivity index (χ1) is 10.0. The van der Waals surface area contributed by atoms with E-state index in [9.17, 15) is 8.42 Å². The van der Waals surface area contributed by atoms with Crippen LogP contribution >= 0.6 is 0 Å². The van der Waals surface area contributed by atoms with Crippen molar-refractivity contribution in [3.8, 4) is 0 Å². The number of likely N-dealkylation sites (tertiary alicyclic amines) is 1. The maximum Gasteiger partial charge on any atom is 0.242 e. The minimum Gasteiger partial charge on any atom is -0.387 e. The molecule has 0 unspecified atom stereocenters. The monoisotopic (exact) mass is 311 g/mol. The summed E-state index contributed by atoms with van der Waals surface area (Å²) in [4.78, 5) is 2.64. The van der Waals surface area contributed by atoms with Gasteiger partial charge in [-0.15, -0.1) is 0 Å². The zero-order valence-corrected chi connectivity index (χ0v) is 13.6. The quantitative estimate of drug-likeness (QED) is 0.840. The lowest BCUT2D eigenvalue weighted by molar-refractivity contribution is 0.213. The van der Waals surface area contributed by atoms with Gasteiger partial charge in [-0.05, 0) is 57.5 Å². The highest BCUT2D eigenvalue weighted by Crippen LogP contribution is 2.21. The van der Waals surface area contributed by atoms with Crippen LogP contribution in [0.1, 0.15) is 19.3 Å². The summed E-state index contributed by atoms with van der Waals surface area (Å²) in [5, 5.41) is 2.92. The fraction of sp³-hybridized carbons (Fsp3) is 0.600. The fourth-order valence-electron chi connectivity index (χ4n) is 2.73. The molecule has 1 aliphatic heterocycles. The number of anilines is 1. The van der Waals surface area contributed by atoms with Gasteiger partial charge in [0.15, 0.2) is 0 Å². The Labute approximate surface area is 127 Å². The van der Waals surface area contributed by atoms with Crippen molar-refractivity contribution in [2.75, 3.05) is 39.0 Å². The van der Waals surface area contributed by atoms with E-state index in [-0.39, 0.29) is 0 Å². The van der Waals surface area contributed by atoms with Crippen molar-refractivity contribution in [2.45, 2.75) is 24.2 Å². The number of hydrogen-bond donors (Lipinski definition) is 2. The van der Waals surface area contributed by atoms with E-state index in [1.165, 1.54) is 0 Å². The van der Waals surface area contributed by atoms with Gasteiger partial charge in [0.1, 0.15) is 4.90 Å². The summed E-state index contributed by atoms with van der Waals surface area (Å²) in [5.74, 6) is 0.628. The number of nitrogens with zero attached hydrogens (tertiary/aromatic N) is 1. The highest BCUT2D eigenvalue weighted by atomic mass is 32.2. The number of nitrogens with one attached hydrogen (secondary N) is 2. The maximum atomic E-state index is 12.3. The first kappa shape index (κ1) is 16.3. The molecule has 5 nitrogen and oxygen atoms in total. The van der Waals surface area contributed by atoms with Gasteiger partial charge < -0.3 is 10.2 Å². The van der Waals surface area contributed by atoms with Gasteiger partial charge in [-0.1, -0.05) is 12.1 Å². The fourth-order valence-corrected chi connectivity index (χ4v) is 3.99. The normalized spacial score (nSPS) is 17.8. The summed E-state index contributed by atoms with van der Waals surface area (Å²) in [7, 11) is 0.424. The number of piperidine rings is 1. The van der Waals surface area contributed by atoms with Gasteiger partial charge in [0, 0.05) is 13.6 Å². The second kappa shape index (κ2) is 7.24. The highest BCUT2D eigenvalue weighted by Gasteiger charge is 2.20. The molecule has 2 N–H and O–H groups in total. The number of para-hydroxylation sites is 1. The van der Waals surface area contributed by atoms with Crippen LogP contribution in [0.2, 0.25) is 0 Å². The molecule has 0 aliphatic carbocycles. The zero-order chi connectivity index (χ0) is 15.3. The summed E-state index contributed by atoms with van der Waals surface area (Å²) in [6.45, 7) is 2.73. The van der Waals surface area contributed by atoms with Gasteiger partial charge in [0.05, 0.1) is 5.69 Å². The SMILES string of the molecule is CNc1ccccc1S(=O)(=O)NCCC1CCN(C)CC1. The Morgan fingerprint density at radius 2 is 1.90 bits per heavy atom. The molecule has 1 saturated heterocycles. The molecule has 0 aromatic heterocycles. The van der Waals surface area contributed by atoms with Gasteiger partial charge in [-0.2, -0.15) is 0 Å². The minimum atomic E-state index is -3.44. The van der Waals surface area contributed by atoms with Gasteiger partial charge in [0.2, 0.25) is 10.0 Å². The Bertz CT molecular complexity index is 552. The maximum absolute atomic E-state index is 12.3. The van der Waals surface area contributed by atoms with E-state index < -0.39 is 10.0 Å². The first-order valence-corrected chi connectivity index (χ1v) is 8.96. The largest absolute Gasteiger partial charge is 0.387 e. The summed E-state index contributed by atoms with van der Waals surface area (Å²) < 4.78 is 27.4. The lowest BCUT2D eigenvalue weighted by Gasteiger charge is -2.28. The van der Waals surface area contributed by atoms with Crippen molar-refractivity contribution in [2.24, 2.45) is 5.92 Å². The van der Waals surface area contributed by atoms with E-state index in [0.717, 1.165) is 32.4 Å². The summed E-state index contributed by atoms with van der Waals surface area (Å²) in [6, 6.07) is 6.96. The molecule has 0 radical (unpaired) electrons. The summed E-state index contributed by atoms with van der Waals surface area (Å²) >= 11 is 0. The van der Waals surface area contributed by atoms with Gasteiger partial charge in [0.25, 0.3) is 0 Å². The molecule has 0 spiro atoms. The molecule has 1 fully saturated rings. The molecule has 6 heteroatoms. The molecule has 118 valence electrons. The average molecular weight is 311 g/mol. The van der Waals surface area contributed by atoms with Crippen molar-refractivity contribution in [3.63, 3.8) is 0 Å². The second-order valence-electron chi connectivity index (χ2n) is 5.68. The van der Waals surface area contributed by atoms with Crippen molar-refractivity contribution in [1.82, 2.24) is 9.62 Å². The van der Waals surface area contributed by atoms with Crippen molar-refractivity contribution in [1.29, 1.82) is 0 Å². The lowest BCUT2D eigenvalue weighted by Crippen LogP contribution is -2.32. The van der Waals surface area contributed by atoms with Crippen molar-refractivity contribution < 1.29 is 8.42 Å². The van der Waals surface area contributed by atoms with Crippen molar-refractivity contribution >= 4 is 15.7 Å². The third kappa shape index (κ3) is 4.43. The van der Waals surface area contributed by atoms with Crippen LogP contribution in [0.3, 0.4) is 0 Å². The Morgan fingerprint density at radius 3 is 2.57 bits per heavy atom. The molecule has 0 bridgehead atoms. The van der Waals surface area contributed by atoms with Crippen LogP contribution in [0.15, 0.2) is 29.2 Å². The Morgan fingerprint density at radius 1 is 1.24 bits per heavy atom. The lowest BCUT2D eigenvalue weighted by atomic mass is 9.94. The molecule has 0 saturated carbocycles. The Hall–Kier alpha value is -1.11. The van der Waals surface area contributed by atoms with E-state index in [4.69, 9.17) is 0 Å². The number of hydrogen-bond acceptors (Lipinski definition) is 4. The minimum absolute atomic E-state index is 0.316. The highest BCUT2D eigenvalue weighted by molar-refractivity contribution is 7.89. The molecular formula is C15H25N3O2S. The number of benzene rings is 1. The third-order valence-electron chi connectivity index (χ3n) is 4.13. The van der Waals surface area contributed by atoms with Crippen LogP contribution in [-0.4, -0.2) is 47.0 Å². The second-order valence-corrected chi connectivity index (χ2v) is 7.41. The molecule has 2 rings (SSSR count). The van der Waals surface area contributed by atoms with E-state index in [1.807, 2.05) is 6.07 Å². The van der Waals surface area contributed by atoms with Gasteiger partial charge in [-0.3, -0.25) is 0 Å². The standard InChI is InChI=1S/C15H25N3O2S/c1-16-14-5-3-4-6-15(14)21(19,20)17-10-7-13-8-11-18(2)12-9-13/h3-6,13,16-17H,7-12H2,1-2H3. The predicted octanol–water partition coefficient (Wildman–Crippen LogP) is 1.74. The summed E-state index contributed by atoms with van der Waals surface area (Å²) in [5.41, 5.74) is 0.629. The predicted molar refractivity (Wildman–Crippen MR) is 86.0 cm³/mol. The Balaban J connectivity index is 1.89. The summed E-state index contributed by atoms with van der Waals surface area (Å²) in [6.07, 6.45) is 3.23. The Kier molecular flexibility index (Phi) is 5.61. The molecule has 21 heavy (non-hydrogen) atoms. The van der Waals surface area contributed by atoms with Gasteiger partial charge in [-0.25, -0.2) is 13.1 Å². The topological polar surface area (TPSA) is 61.4 Å². The zero-order valence-electron chi connectivity index (χ0n) is 12.8. The first-order valence-electron chi connectivity index (χ1n) is 7.48. The average Bonchev–Trinajstić information content (AvgIpc) is 2.49. The molecule has 0 amide bonds. The van der Waals surface area contributed by atoms with E-state index in [0.29, 0.717) is 23.0 Å². The number of sulfonamides is 1. The molecular weight excluding hydrogens is 286 g/mol. The smallest absolute Gasteiger partial charge is 0.242 e. The molecule has 1 heterocycles. The van der Waals surface area contributed by atoms with E-state index in [1.54, 1.807) is 25.2 Å². The number of rotatable bonds is 6. The van der Waals surface area contributed by atoms with Crippen LogP contribution in [0.5, 0.6) is 0 Å². The molecule has 1 aliphatic rings. The van der Waals surface area contributed by atoms with Gasteiger partial charge >= 0.3 is 0 Å². The molecule has 0 atom stereocenters. The van der Waals surface area contributed by atoms with Crippen LogP contribution in [-0.2, 0) is 10.0 Å². The van der Waals surface area contributed by atoms with Crippen LogP contribution in [0.4, 0.5) is 5.69 Å². The van der Waals surface area contributed by atoms with E-state index >= 15 is 0 Å². The molecule has 1 aromatic rings.